The third-order valence-corrected chi connectivity index (χ3v) is 4.06. The van der Waals surface area contributed by atoms with E-state index in [4.69, 9.17) is 0 Å². The molecule has 1 aliphatic rings. The maximum Gasteiger partial charge on any atom is 0.129 e. The Bertz CT molecular complexity index is 414. The molecular weight excluding hydrogens is 225 g/mol. The normalized spacial score (nSPS) is 22.4. The second kappa shape index (κ2) is 5.00. The number of benzene rings is 1. The van der Waals surface area contributed by atoms with Crippen LogP contribution >= 0.6 is 0 Å². The quantitative estimate of drug-likeness (QED) is 0.850. The zero-order chi connectivity index (χ0) is 13.3. The fraction of sp³-hybridized carbons (Fsp3) is 0.625. The van der Waals surface area contributed by atoms with Crippen LogP contribution in [0.4, 0.5) is 4.39 Å². The number of hydrogen-bond acceptors (Lipinski definition) is 1. The molecule has 1 nitrogen and oxygen atoms in total. The van der Waals surface area contributed by atoms with E-state index in [0.29, 0.717) is 11.5 Å². The van der Waals surface area contributed by atoms with E-state index < -0.39 is 0 Å². The molecule has 0 amide bonds. The average molecular weight is 249 g/mol. The van der Waals surface area contributed by atoms with Gasteiger partial charge in [-0.2, -0.15) is 0 Å². The fourth-order valence-corrected chi connectivity index (χ4v) is 3.01. The molecule has 1 unspecified atom stereocenters. The van der Waals surface area contributed by atoms with Crippen LogP contribution in [0.1, 0.15) is 49.8 Å². The van der Waals surface area contributed by atoms with Crippen molar-refractivity contribution in [3.8, 4) is 0 Å². The van der Waals surface area contributed by atoms with E-state index >= 15 is 0 Å². The molecule has 1 N–H and O–H groups in total. The molecule has 1 atom stereocenters. The largest absolute Gasteiger partial charge is 0.310 e. The molecule has 0 spiro atoms. The summed E-state index contributed by atoms with van der Waals surface area (Å²) >= 11 is 0. The van der Waals surface area contributed by atoms with E-state index in [1.165, 1.54) is 24.8 Å². The van der Waals surface area contributed by atoms with Crippen molar-refractivity contribution in [2.45, 2.75) is 59.5 Å². The molecule has 0 saturated heterocycles. The Labute approximate surface area is 110 Å². The van der Waals surface area contributed by atoms with Crippen LogP contribution < -0.4 is 5.32 Å². The van der Waals surface area contributed by atoms with Gasteiger partial charge >= 0.3 is 0 Å². The standard InChI is InChI=1S/C16H24FN/c1-11-7-13(8-12(2)15(11)17)10-18-14-5-6-16(3,4)9-14/h7-8,14,18H,5-6,9-10H2,1-4H3. The van der Waals surface area contributed by atoms with Crippen LogP contribution in [0.25, 0.3) is 0 Å². The lowest BCUT2D eigenvalue weighted by atomic mass is 9.92. The van der Waals surface area contributed by atoms with Gasteiger partial charge in [-0.1, -0.05) is 26.0 Å². The zero-order valence-corrected chi connectivity index (χ0v) is 11.9. The monoisotopic (exact) mass is 249 g/mol. The fourth-order valence-electron chi connectivity index (χ4n) is 3.01. The second-order valence-electron chi connectivity index (χ2n) is 6.53. The Morgan fingerprint density at radius 2 is 1.89 bits per heavy atom. The molecule has 2 heteroatoms. The minimum Gasteiger partial charge on any atom is -0.310 e. The number of rotatable bonds is 3. The van der Waals surface area contributed by atoms with Gasteiger partial charge in [-0.05, 0) is 55.2 Å². The number of halogens is 1. The molecule has 1 aromatic carbocycles. The van der Waals surface area contributed by atoms with Crippen LogP contribution in [-0.2, 0) is 6.54 Å². The first kappa shape index (κ1) is 13.5. The van der Waals surface area contributed by atoms with Gasteiger partial charge in [0.15, 0.2) is 0 Å². The van der Waals surface area contributed by atoms with E-state index in [9.17, 15) is 4.39 Å². The Morgan fingerprint density at radius 1 is 1.28 bits per heavy atom. The van der Waals surface area contributed by atoms with Crippen molar-refractivity contribution in [3.05, 3.63) is 34.6 Å². The van der Waals surface area contributed by atoms with Crippen LogP contribution in [-0.4, -0.2) is 6.04 Å². The van der Waals surface area contributed by atoms with Gasteiger partial charge in [0.05, 0.1) is 0 Å². The Hall–Kier alpha value is -0.890. The van der Waals surface area contributed by atoms with E-state index in [0.717, 1.165) is 17.7 Å². The second-order valence-corrected chi connectivity index (χ2v) is 6.53. The lowest BCUT2D eigenvalue weighted by molar-refractivity contribution is 0.364. The molecule has 1 fully saturated rings. The average Bonchev–Trinajstić information content (AvgIpc) is 2.63. The molecule has 1 aliphatic carbocycles. The number of aryl methyl sites for hydroxylation is 2. The van der Waals surface area contributed by atoms with Crippen molar-refractivity contribution in [3.63, 3.8) is 0 Å². The van der Waals surface area contributed by atoms with Gasteiger partial charge in [0.2, 0.25) is 0 Å². The summed E-state index contributed by atoms with van der Waals surface area (Å²) in [4.78, 5) is 0. The predicted octanol–water partition coefficient (Wildman–Crippen LogP) is 4.11. The summed E-state index contributed by atoms with van der Waals surface area (Å²) < 4.78 is 13.5. The molecule has 0 aromatic heterocycles. The van der Waals surface area contributed by atoms with Crippen LogP contribution in [0.2, 0.25) is 0 Å². The van der Waals surface area contributed by atoms with Crippen LogP contribution in [0.5, 0.6) is 0 Å². The smallest absolute Gasteiger partial charge is 0.129 e. The van der Waals surface area contributed by atoms with Gasteiger partial charge in [0.1, 0.15) is 5.82 Å². The summed E-state index contributed by atoms with van der Waals surface area (Å²) in [6.07, 6.45) is 3.80. The maximum atomic E-state index is 13.5. The maximum absolute atomic E-state index is 13.5. The van der Waals surface area contributed by atoms with Crippen LogP contribution in [0.3, 0.4) is 0 Å². The van der Waals surface area contributed by atoms with E-state index in [1.54, 1.807) is 0 Å². The zero-order valence-electron chi connectivity index (χ0n) is 11.9. The topological polar surface area (TPSA) is 12.0 Å². The first-order chi connectivity index (χ1) is 8.37. The van der Waals surface area contributed by atoms with Crippen molar-refractivity contribution in [1.29, 1.82) is 0 Å². The lowest BCUT2D eigenvalue weighted by Gasteiger charge is -2.18. The SMILES string of the molecule is Cc1cc(CNC2CCC(C)(C)C2)cc(C)c1F. The predicted molar refractivity (Wildman–Crippen MR) is 74.1 cm³/mol. The molecule has 0 heterocycles. The van der Waals surface area contributed by atoms with Crippen LogP contribution in [0.15, 0.2) is 12.1 Å². The van der Waals surface area contributed by atoms with Crippen molar-refractivity contribution in [2.24, 2.45) is 5.41 Å². The Morgan fingerprint density at radius 3 is 2.39 bits per heavy atom. The number of nitrogens with one attached hydrogen (secondary N) is 1. The summed E-state index contributed by atoms with van der Waals surface area (Å²) in [5, 5.41) is 3.60. The van der Waals surface area contributed by atoms with E-state index in [-0.39, 0.29) is 5.82 Å². The van der Waals surface area contributed by atoms with E-state index in [2.05, 4.69) is 19.2 Å². The molecule has 0 bridgehead atoms. The van der Waals surface area contributed by atoms with Gasteiger partial charge < -0.3 is 5.32 Å². The Kier molecular flexibility index (Phi) is 3.76. The van der Waals surface area contributed by atoms with Crippen molar-refractivity contribution in [1.82, 2.24) is 5.32 Å². The third kappa shape index (κ3) is 3.11. The summed E-state index contributed by atoms with van der Waals surface area (Å²) in [5.41, 5.74) is 3.17. The summed E-state index contributed by atoms with van der Waals surface area (Å²) in [7, 11) is 0. The molecule has 100 valence electrons. The third-order valence-electron chi connectivity index (χ3n) is 4.06. The summed E-state index contributed by atoms with van der Waals surface area (Å²) in [6.45, 7) is 9.19. The van der Waals surface area contributed by atoms with Crippen molar-refractivity contribution < 1.29 is 4.39 Å². The highest BCUT2D eigenvalue weighted by Crippen LogP contribution is 2.37. The lowest BCUT2D eigenvalue weighted by Crippen LogP contribution is -2.26. The highest BCUT2D eigenvalue weighted by atomic mass is 19.1. The minimum absolute atomic E-state index is 0.0688. The van der Waals surface area contributed by atoms with Crippen molar-refractivity contribution >= 4 is 0 Å². The molecule has 0 radical (unpaired) electrons. The van der Waals surface area contributed by atoms with Gasteiger partial charge in [-0.25, -0.2) is 4.39 Å². The van der Waals surface area contributed by atoms with Gasteiger partial charge in [0, 0.05) is 12.6 Å². The summed E-state index contributed by atoms with van der Waals surface area (Å²) in [5.74, 6) is -0.0688. The van der Waals surface area contributed by atoms with Crippen molar-refractivity contribution in [2.75, 3.05) is 0 Å². The van der Waals surface area contributed by atoms with E-state index in [1.807, 2.05) is 26.0 Å². The first-order valence-electron chi connectivity index (χ1n) is 6.86. The Balaban J connectivity index is 1.95. The highest BCUT2D eigenvalue weighted by Gasteiger charge is 2.30. The minimum atomic E-state index is -0.0688. The molecular formula is C16H24FN. The molecule has 0 aliphatic heterocycles. The van der Waals surface area contributed by atoms with Crippen LogP contribution in [0, 0.1) is 25.1 Å². The molecule has 1 saturated carbocycles. The number of hydrogen-bond donors (Lipinski definition) is 1. The summed E-state index contributed by atoms with van der Waals surface area (Å²) in [6, 6.07) is 4.52. The first-order valence-corrected chi connectivity index (χ1v) is 6.86. The molecule has 2 rings (SSSR count). The van der Waals surface area contributed by atoms with Gasteiger partial charge in [-0.15, -0.1) is 0 Å². The molecule has 18 heavy (non-hydrogen) atoms. The van der Waals surface area contributed by atoms with Gasteiger partial charge in [-0.3, -0.25) is 0 Å². The van der Waals surface area contributed by atoms with Gasteiger partial charge in [0.25, 0.3) is 0 Å². The highest BCUT2D eigenvalue weighted by molar-refractivity contribution is 5.30. The molecule has 1 aromatic rings.